The summed E-state index contributed by atoms with van der Waals surface area (Å²) in [4.78, 5) is 0. The maximum Gasteiger partial charge on any atom is 0.170 e. The first-order valence-corrected chi connectivity index (χ1v) is 6.55. The molecule has 0 saturated carbocycles. The lowest BCUT2D eigenvalue weighted by atomic mass is 10.0. The summed E-state index contributed by atoms with van der Waals surface area (Å²) in [6.07, 6.45) is -0.327. The van der Waals surface area contributed by atoms with E-state index < -0.39 is 11.9 Å². The lowest BCUT2D eigenvalue weighted by Gasteiger charge is -2.07. The van der Waals surface area contributed by atoms with Gasteiger partial charge in [-0.3, -0.25) is 0 Å². The van der Waals surface area contributed by atoms with Crippen LogP contribution >= 0.6 is 0 Å². The van der Waals surface area contributed by atoms with Crippen molar-refractivity contribution >= 4 is 11.0 Å². The maximum absolute atomic E-state index is 13.6. The van der Waals surface area contributed by atoms with Gasteiger partial charge in [-0.25, -0.2) is 4.39 Å². The number of hydrogen-bond acceptors (Lipinski definition) is 2. The zero-order chi connectivity index (χ0) is 14.1. The van der Waals surface area contributed by atoms with Crippen LogP contribution in [0.25, 0.3) is 11.0 Å². The molecule has 3 aromatic rings. The predicted molar refractivity (Wildman–Crippen MR) is 76.0 cm³/mol. The van der Waals surface area contributed by atoms with E-state index in [1.807, 2.05) is 31.2 Å². The van der Waals surface area contributed by atoms with Gasteiger partial charge in [0.15, 0.2) is 11.4 Å². The van der Waals surface area contributed by atoms with E-state index in [0.29, 0.717) is 17.6 Å². The van der Waals surface area contributed by atoms with Crippen LogP contribution in [-0.2, 0) is 6.42 Å². The molecule has 2 nitrogen and oxygen atoms in total. The van der Waals surface area contributed by atoms with E-state index in [-0.39, 0.29) is 5.58 Å². The number of furan rings is 1. The van der Waals surface area contributed by atoms with Gasteiger partial charge in [0.1, 0.15) is 11.9 Å². The topological polar surface area (TPSA) is 33.4 Å². The molecule has 0 spiro atoms. The van der Waals surface area contributed by atoms with Crippen LogP contribution in [-0.4, -0.2) is 5.11 Å². The SMILES string of the molecule is Cc1ccc(CC(O)c2cc3cccc(F)c3o2)cc1. The molecule has 20 heavy (non-hydrogen) atoms. The van der Waals surface area contributed by atoms with Crippen molar-refractivity contribution in [3.05, 3.63) is 71.2 Å². The average Bonchev–Trinajstić information content (AvgIpc) is 2.87. The minimum atomic E-state index is -0.774. The van der Waals surface area contributed by atoms with Gasteiger partial charge in [-0.15, -0.1) is 0 Å². The third-order valence-corrected chi connectivity index (χ3v) is 3.39. The summed E-state index contributed by atoms with van der Waals surface area (Å²) in [6.45, 7) is 2.02. The Morgan fingerprint density at radius 2 is 1.90 bits per heavy atom. The molecule has 0 saturated heterocycles. The fourth-order valence-electron chi connectivity index (χ4n) is 2.26. The van der Waals surface area contributed by atoms with Crippen LogP contribution in [0.1, 0.15) is 23.0 Å². The number of hydrogen-bond donors (Lipinski definition) is 1. The molecule has 0 amide bonds. The van der Waals surface area contributed by atoms with Crippen molar-refractivity contribution in [2.24, 2.45) is 0 Å². The van der Waals surface area contributed by atoms with Crippen LogP contribution < -0.4 is 0 Å². The molecule has 1 atom stereocenters. The van der Waals surface area contributed by atoms with E-state index in [0.717, 1.165) is 5.56 Å². The minimum Gasteiger partial charge on any atom is -0.455 e. The van der Waals surface area contributed by atoms with Gasteiger partial charge < -0.3 is 9.52 Å². The standard InChI is InChI=1S/C17H15FO2/c1-11-5-7-12(8-6-11)9-15(19)16-10-13-3-2-4-14(18)17(13)20-16/h2-8,10,15,19H,9H2,1H3. The summed E-state index contributed by atoms with van der Waals surface area (Å²) >= 11 is 0. The number of aryl methyl sites for hydroxylation is 1. The van der Waals surface area contributed by atoms with Gasteiger partial charge in [-0.05, 0) is 24.6 Å². The smallest absolute Gasteiger partial charge is 0.170 e. The van der Waals surface area contributed by atoms with Crippen molar-refractivity contribution in [3.63, 3.8) is 0 Å². The quantitative estimate of drug-likeness (QED) is 0.775. The number of rotatable bonds is 3. The van der Waals surface area contributed by atoms with Crippen LogP contribution in [0.4, 0.5) is 4.39 Å². The van der Waals surface area contributed by atoms with Crippen molar-refractivity contribution in [1.82, 2.24) is 0 Å². The van der Waals surface area contributed by atoms with Gasteiger partial charge in [0, 0.05) is 11.8 Å². The molecular weight excluding hydrogens is 255 g/mol. The number of aliphatic hydroxyl groups excluding tert-OH is 1. The summed E-state index contributed by atoms with van der Waals surface area (Å²) in [5.74, 6) is -0.0121. The van der Waals surface area contributed by atoms with Crippen molar-refractivity contribution < 1.29 is 13.9 Å². The molecule has 1 unspecified atom stereocenters. The lowest BCUT2D eigenvalue weighted by molar-refractivity contribution is 0.152. The molecule has 1 N–H and O–H groups in total. The Morgan fingerprint density at radius 1 is 1.15 bits per heavy atom. The molecule has 0 aliphatic heterocycles. The van der Waals surface area contributed by atoms with Crippen molar-refractivity contribution in [2.45, 2.75) is 19.4 Å². The number of fused-ring (bicyclic) bond motifs is 1. The maximum atomic E-state index is 13.6. The first-order chi connectivity index (χ1) is 9.63. The van der Waals surface area contributed by atoms with Gasteiger partial charge in [0.05, 0.1) is 0 Å². The Balaban J connectivity index is 1.86. The van der Waals surface area contributed by atoms with E-state index >= 15 is 0 Å². The number of benzene rings is 2. The fraction of sp³-hybridized carbons (Fsp3) is 0.176. The summed E-state index contributed by atoms with van der Waals surface area (Å²) in [6, 6.07) is 14.4. The van der Waals surface area contributed by atoms with E-state index in [4.69, 9.17) is 4.42 Å². The first kappa shape index (κ1) is 12.9. The Bertz CT molecular complexity index is 728. The van der Waals surface area contributed by atoms with E-state index in [9.17, 15) is 9.50 Å². The molecule has 0 fully saturated rings. The van der Waals surface area contributed by atoms with E-state index in [1.165, 1.54) is 11.6 Å². The molecule has 0 aliphatic carbocycles. The van der Waals surface area contributed by atoms with Crippen LogP contribution in [0, 0.1) is 12.7 Å². The second-order valence-electron chi connectivity index (χ2n) is 5.01. The second-order valence-corrected chi connectivity index (χ2v) is 5.01. The van der Waals surface area contributed by atoms with Crippen molar-refractivity contribution in [1.29, 1.82) is 0 Å². The van der Waals surface area contributed by atoms with Gasteiger partial charge in [-0.2, -0.15) is 0 Å². The van der Waals surface area contributed by atoms with Gasteiger partial charge >= 0.3 is 0 Å². The summed E-state index contributed by atoms with van der Waals surface area (Å²) in [7, 11) is 0. The van der Waals surface area contributed by atoms with Crippen LogP contribution in [0.2, 0.25) is 0 Å². The fourth-order valence-corrected chi connectivity index (χ4v) is 2.26. The van der Waals surface area contributed by atoms with Gasteiger partial charge in [0.2, 0.25) is 0 Å². The number of halogens is 1. The highest BCUT2D eigenvalue weighted by Gasteiger charge is 2.15. The third kappa shape index (κ3) is 2.45. The third-order valence-electron chi connectivity index (χ3n) is 3.39. The highest BCUT2D eigenvalue weighted by molar-refractivity contribution is 5.78. The molecule has 102 valence electrons. The first-order valence-electron chi connectivity index (χ1n) is 6.55. The molecule has 3 rings (SSSR count). The normalized spacial score (nSPS) is 12.8. The lowest BCUT2D eigenvalue weighted by Crippen LogP contribution is -2.00. The minimum absolute atomic E-state index is 0.199. The molecule has 1 aromatic heterocycles. The zero-order valence-electron chi connectivity index (χ0n) is 11.1. The average molecular weight is 270 g/mol. The highest BCUT2D eigenvalue weighted by atomic mass is 19.1. The van der Waals surface area contributed by atoms with Gasteiger partial charge in [-0.1, -0.05) is 42.0 Å². The van der Waals surface area contributed by atoms with Gasteiger partial charge in [0.25, 0.3) is 0 Å². The Morgan fingerprint density at radius 3 is 2.60 bits per heavy atom. The van der Waals surface area contributed by atoms with E-state index in [2.05, 4.69) is 0 Å². The Kier molecular flexibility index (Phi) is 3.28. The number of para-hydroxylation sites is 1. The predicted octanol–water partition coefficient (Wildman–Crippen LogP) is 4.16. The largest absolute Gasteiger partial charge is 0.455 e. The molecule has 1 heterocycles. The summed E-state index contributed by atoms with van der Waals surface area (Å²) in [5, 5.41) is 10.9. The van der Waals surface area contributed by atoms with Crippen molar-refractivity contribution in [3.8, 4) is 0 Å². The molecule has 0 aliphatic rings. The Hall–Kier alpha value is -2.13. The van der Waals surface area contributed by atoms with Crippen LogP contribution in [0.15, 0.2) is 52.9 Å². The summed E-state index contributed by atoms with van der Waals surface area (Å²) < 4.78 is 19.0. The monoisotopic (exact) mass is 270 g/mol. The van der Waals surface area contributed by atoms with Crippen LogP contribution in [0.5, 0.6) is 0 Å². The zero-order valence-corrected chi connectivity index (χ0v) is 11.1. The highest BCUT2D eigenvalue weighted by Crippen LogP contribution is 2.27. The number of aliphatic hydroxyl groups is 1. The molecule has 3 heteroatoms. The second kappa shape index (κ2) is 5.10. The van der Waals surface area contributed by atoms with Crippen LogP contribution in [0.3, 0.4) is 0 Å². The molecule has 2 aromatic carbocycles. The Labute approximate surface area is 116 Å². The molecule has 0 bridgehead atoms. The van der Waals surface area contributed by atoms with E-state index in [1.54, 1.807) is 18.2 Å². The summed E-state index contributed by atoms with van der Waals surface area (Å²) in [5.41, 5.74) is 2.39. The van der Waals surface area contributed by atoms with Crippen molar-refractivity contribution in [2.75, 3.05) is 0 Å². The molecular formula is C17H15FO2. The molecule has 0 radical (unpaired) electrons.